The van der Waals surface area contributed by atoms with Gasteiger partial charge in [-0.1, -0.05) is 18.2 Å². The van der Waals surface area contributed by atoms with Crippen molar-refractivity contribution >= 4 is 27.9 Å². The molecule has 5 heteroatoms. The third-order valence-corrected chi connectivity index (χ3v) is 1.44. The molecule has 0 aliphatic heterocycles. The molecule has 0 spiro atoms. The van der Waals surface area contributed by atoms with E-state index in [0.29, 0.717) is 5.75 Å². The number of para-hydroxylation sites is 1. The van der Waals surface area contributed by atoms with Crippen LogP contribution in [0.3, 0.4) is 0 Å². The van der Waals surface area contributed by atoms with Crippen molar-refractivity contribution < 1.29 is 19.8 Å². The Balaban J connectivity index is 0.000000310. The molecule has 0 saturated carbocycles. The van der Waals surface area contributed by atoms with Gasteiger partial charge in [0.15, 0.2) is 0 Å². The van der Waals surface area contributed by atoms with E-state index in [2.05, 4.69) is 0 Å². The predicted molar refractivity (Wildman–Crippen MR) is 55.1 cm³/mol. The Kier molecular flexibility index (Phi) is 7.29. The van der Waals surface area contributed by atoms with Crippen molar-refractivity contribution in [2.24, 2.45) is 0 Å². The molecule has 1 rings (SSSR count). The number of hydrogen-bond acceptors (Lipinski definition) is 1. The molecule has 0 amide bonds. The number of phenols is 1. The minimum absolute atomic E-state index is 0.414. The summed E-state index contributed by atoms with van der Waals surface area (Å²) < 4.78 is 0. The SMILES string of the molecule is Cc1cccc(C)c1O.[Cl][Ti]([Cl])[Cl]. The molecule has 0 atom stereocenters. The molecule has 0 aliphatic rings. The van der Waals surface area contributed by atoms with Crippen LogP contribution in [-0.4, -0.2) is 5.11 Å². The van der Waals surface area contributed by atoms with Crippen LogP contribution in [0.1, 0.15) is 11.1 Å². The summed E-state index contributed by atoms with van der Waals surface area (Å²) in [5.41, 5.74) is 1.88. The van der Waals surface area contributed by atoms with Crippen LogP contribution in [-0.2, 0) is 14.7 Å². The van der Waals surface area contributed by atoms with Gasteiger partial charge in [0.05, 0.1) is 0 Å². The molecule has 0 heterocycles. The quantitative estimate of drug-likeness (QED) is 0.708. The van der Waals surface area contributed by atoms with Gasteiger partial charge >= 0.3 is 42.6 Å². The van der Waals surface area contributed by atoms with Crippen molar-refractivity contribution in [2.75, 3.05) is 0 Å². The fourth-order valence-electron chi connectivity index (χ4n) is 0.806. The monoisotopic (exact) mass is 275 g/mol. The number of halogens is 3. The normalized spacial score (nSPS) is 8.69. The van der Waals surface area contributed by atoms with Crippen LogP contribution in [0.15, 0.2) is 18.2 Å². The van der Waals surface area contributed by atoms with Gasteiger partial charge in [0.25, 0.3) is 0 Å². The third kappa shape index (κ3) is 6.65. The molecule has 0 unspecified atom stereocenters. The van der Waals surface area contributed by atoms with Crippen molar-refractivity contribution in [2.45, 2.75) is 13.8 Å². The van der Waals surface area contributed by atoms with Gasteiger partial charge in [-0.2, -0.15) is 0 Å². The maximum absolute atomic E-state index is 9.21. The molecule has 1 nitrogen and oxygen atoms in total. The van der Waals surface area contributed by atoms with Gasteiger partial charge in [-0.15, -0.1) is 0 Å². The number of rotatable bonds is 0. The second-order valence-corrected chi connectivity index (χ2v) is 10.2. The molecule has 0 aliphatic carbocycles. The Morgan fingerprint density at radius 3 is 1.62 bits per heavy atom. The van der Waals surface area contributed by atoms with Crippen LogP contribution in [0.5, 0.6) is 5.75 Å². The Hall–Kier alpha value is 0.604. The topological polar surface area (TPSA) is 20.2 Å². The zero-order valence-electron chi connectivity index (χ0n) is 7.31. The van der Waals surface area contributed by atoms with Gasteiger partial charge < -0.3 is 5.11 Å². The summed E-state index contributed by atoms with van der Waals surface area (Å²) in [5, 5.41) is 9.21. The molecule has 1 N–H and O–H groups in total. The third-order valence-electron chi connectivity index (χ3n) is 1.44. The van der Waals surface area contributed by atoms with Crippen LogP contribution in [0, 0.1) is 13.8 Å². The van der Waals surface area contributed by atoms with Crippen molar-refractivity contribution in [3.05, 3.63) is 29.3 Å². The van der Waals surface area contributed by atoms with E-state index in [1.54, 1.807) is 0 Å². The Bertz CT molecular complexity index is 243. The molecule has 0 saturated heterocycles. The Morgan fingerprint density at radius 1 is 1.08 bits per heavy atom. The molecule has 73 valence electrons. The summed E-state index contributed by atoms with van der Waals surface area (Å²) in [4.78, 5) is 0. The zero-order valence-corrected chi connectivity index (χ0v) is 11.1. The van der Waals surface area contributed by atoms with Crippen LogP contribution >= 0.6 is 27.9 Å². The first-order chi connectivity index (χ1) is 5.95. The van der Waals surface area contributed by atoms with Crippen molar-refractivity contribution in [3.8, 4) is 5.75 Å². The average molecular weight is 276 g/mol. The number of aryl methyl sites for hydroxylation is 2. The molecule has 0 bridgehead atoms. The molecule has 0 radical (unpaired) electrons. The van der Waals surface area contributed by atoms with Gasteiger partial charge in [-0.25, -0.2) is 0 Å². The van der Waals surface area contributed by atoms with E-state index in [1.807, 2.05) is 32.0 Å². The van der Waals surface area contributed by atoms with Gasteiger partial charge in [-0.3, -0.25) is 0 Å². The Labute approximate surface area is 96.1 Å². The first-order valence-electron chi connectivity index (χ1n) is 3.53. The van der Waals surface area contributed by atoms with Crippen molar-refractivity contribution in [1.29, 1.82) is 0 Å². The molecule has 0 aromatic heterocycles. The number of phenolic OH excluding ortho intramolecular Hbond substituents is 1. The minimum atomic E-state index is -1.92. The Morgan fingerprint density at radius 2 is 1.38 bits per heavy atom. The summed E-state index contributed by atoms with van der Waals surface area (Å²) in [6.07, 6.45) is 0. The molecule has 13 heavy (non-hydrogen) atoms. The average Bonchev–Trinajstić information content (AvgIpc) is 1.99. The fourth-order valence-corrected chi connectivity index (χ4v) is 0.806. The summed E-state index contributed by atoms with van der Waals surface area (Å²) >= 11 is -1.92. The van der Waals surface area contributed by atoms with Crippen LogP contribution in [0.25, 0.3) is 0 Å². The van der Waals surface area contributed by atoms with Gasteiger partial charge in [0.2, 0.25) is 0 Å². The maximum atomic E-state index is 9.21. The first kappa shape index (κ1) is 13.6. The van der Waals surface area contributed by atoms with Crippen molar-refractivity contribution in [1.82, 2.24) is 0 Å². The first-order valence-corrected chi connectivity index (χ1v) is 9.98. The van der Waals surface area contributed by atoms with E-state index in [-0.39, 0.29) is 0 Å². The van der Waals surface area contributed by atoms with Crippen LogP contribution in [0.2, 0.25) is 0 Å². The second kappa shape index (κ2) is 6.97. The van der Waals surface area contributed by atoms with Gasteiger partial charge in [0, 0.05) is 0 Å². The second-order valence-electron chi connectivity index (χ2n) is 2.45. The van der Waals surface area contributed by atoms with Gasteiger partial charge in [-0.05, 0) is 25.0 Å². The van der Waals surface area contributed by atoms with E-state index in [9.17, 15) is 5.11 Å². The summed E-state index contributed by atoms with van der Waals surface area (Å²) in [6, 6.07) is 5.72. The van der Waals surface area contributed by atoms with Gasteiger partial charge in [0.1, 0.15) is 5.75 Å². The van der Waals surface area contributed by atoms with E-state index in [0.717, 1.165) is 11.1 Å². The number of benzene rings is 1. The van der Waals surface area contributed by atoms with Crippen LogP contribution in [0.4, 0.5) is 0 Å². The summed E-state index contributed by atoms with van der Waals surface area (Å²) in [5.74, 6) is 0.414. The zero-order chi connectivity index (χ0) is 10.4. The number of aromatic hydroxyl groups is 1. The van der Waals surface area contributed by atoms with E-state index >= 15 is 0 Å². The standard InChI is InChI=1S/C8H10O.3ClH.Ti/c1-6-4-3-5-7(2)8(6)9;;;;/h3-5,9H,1-2H3;3*1H;/q;;;;+3/p-3. The molecule has 1 aromatic rings. The van der Waals surface area contributed by atoms with Crippen LogP contribution < -0.4 is 0 Å². The fraction of sp³-hybridized carbons (Fsp3) is 0.250. The molecule has 1 aromatic carbocycles. The molecular weight excluding hydrogens is 266 g/mol. The van der Waals surface area contributed by atoms with Crippen molar-refractivity contribution in [3.63, 3.8) is 0 Å². The predicted octanol–water partition coefficient (Wildman–Crippen LogP) is 4.08. The van der Waals surface area contributed by atoms with E-state index in [1.165, 1.54) is 0 Å². The van der Waals surface area contributed by atoms with E-state index < -0.39 is 14.7 Å². The number of hydrogen-bond donors (Lipinski definition) is 1. The molecular formula is C8H10Cl3OTi. The summed E-state index contributed by atoms with van der Waals surface area (Å²) in [7, 11) is 14.9. The molecule has 0 fully saturated rings. The van der Waals surface area contributed by atoms with E-state index in [4.69, 9.17) is 27.9 Å². The summed E-state index contributed by atoms with van der Waals surface area (Å²) in [6.45, 7) is 3.78.